The fourth-order valence-corrected chi connectivity index (χ4v) is 8.99. The lowest BCUT2D eigenvalue weighted by molar-refractivity contribution is -0.473. The molecule has 0 aromatic carbocycles. The zero-order valence-corrected chi connectivity index (χ0v) is 35.8. The van der Waals surface area contributed by atoms with E-state index in [4.69, 9.17) is 14.2 Å². The van der Waals surface area contributed by atoms with Crippen LogP contribution in [0.15, 0.2) is 36.5 Å². The second-order valence-electron chi connectivity index (χ2n) is 17.9. The van der Waals surface area contributed by atoms with Gasteiger partial charge >= 0.3 is 5.97 Å². The van der Waals surface area contributed by atoms with Gasteiger partial charge in [-0.05, 0) is 68.8 Å². The average molecular weight is 790 g/mol. The van der Waals surface area contributed by atoms with Gasteiger partial charge in [0, 0.05) is 48.0 Å². The van der Waals surface area contributed by atoms with Gasteiger partial charge in [-0.2, -0.15) is 0 Å². The van der Waals surface area contributed by atoms with Crippen molar-refractivity contribution in [3.8, 4) is 0 Å². The van der Waals surface area contributed by atoms with E-state index in [0.29, 0.717) is 25.7 Å². The number of ether oxygens (including phenoxy) is 3. The third-order valence-corrected chi connectivity index (χ3v) is 13.4. The zero-order chi connectivity index (χ0) is 42.3. The molecule has 2 bridgehead atoms. The molecule has 0 saturated carbocycles. The lowest BCUT2D eigenvalue weighted by Crippen LogP contribution is -2.62. The van der Waals surface area contributed by atoms with Gasteiger partial charge in [-0.3, -0.25) is 4.79 Å². The smallest absolute Gasteiger partial charge is 0.330 e. The predicted octanol–water partition coefficient (Wildman–Crippen LogP) is 5.25. The van der Waals surface area contributed by atoms with Crippen molar-refractivity contribution in [3.05, 3.63) is 36.5 Å². The van der Waals surface area contributed by atoms with Crippen LogP contribution in [0.4, 0.5) is 0 Å². The van der Waals surface area contributed by atoms with Gasteiger partial charge in [-0.1, -0.05) is 99.6 Å². The third-order valence-electron chi connectivity index (χ3n) is 13.4. The molecule has 320 valence electrons. The van der Waals surface area contributed by atoms with E-state index in [1.54, 1.807) is 20.8 Å². The quantitative estimate of drug-likeness (QED) is 0.274. The van der Waals surface area contributed by atoms with Crippen molar-refractivity contribution in [1.82, 2.24) is 0 Å². The van der Waals surface area contributed by atoms with Crippen molar-refractivity contribution >= 4 is 17.5 Å². The largest absolute Gasteiger partial charge is 0.842 e. The Morgan fingerprint density at radius 1 is 0.857 bits per heavy atom. The van der Waals surface area contributed by atoms with Crippen LogP contribution in [0.25, 0.3) is 0 Å². The topological polar surface area (TPSA) is 183 Å². The number of aliphatic hydroxyl groups is 4. The highest BCUT2D eigenvalue weighted by Crippen LogP contribution is 2.49. The summed E-state index contributed by atoms with van der Waals surface area (Å²) in [7, 11) is 0. The second kappa shape index (κ2) is 20.6. The van der Waals surface area contributed by atoms with Crippen LogP contribution in [-0.4, -0.2) is 92.1 Å². The molecule has 18 atom stereocenters. The Bertz CT molecular complexity index is 1390. The van der Waals surface area contributed by atoms with Crippen molar-refractivity contribution in [1.29, 1.82) is 0 Å². The summed E-state index contributed by atoms with van der Waals surface area (Å²) in [6.45, 7) is 18.9. The third kappa shape index (κ3) is 11.5. The van der Waals surface area contributed by atoms with Crippen molar-refractivity contribution in [2.24, 2.45) is 53.3 Å². The van der Waals surface area contributed by atoms with E-state index < -0.39 is 89.0 Å². The number of aliphatic hydroxyl groups excluding tert-OH is 4. The molecule has 0 aliphatic carbocycles. The van der Waals surface area contributed by atoms with Gasteiger partial charge in [0.25, 0.3) is 0 Å². The molecule has 0 aromatic rings. The number of carbonyl (C=O) groups is 3. The van der Waals surface area contributed by atoms with Gasteiger partial charge in [0.15, 0.2) is 5.79 Å². The van der Waals surface area contributed by atoms with Crippen molar-refractivity contribution in [2.75, 3.05) is 0 Å². The first kappa shape index (κ1) is 48.1. The molecule has 3 heterocycles. The molecule has 2 saturated heterocycles. The Labute approximate surface area is 336 Å². The number of ketones is 2. The molecule has 1 spiro atoms. The Balaban J connectivity index is 1.99. The van der Waals surface area contributed by atoms with Gasteiger partial charge in [-0.25, -0.2) is 4.79 Å². The van der Waals surface area contributed by atoms with E-state index >= 15 is 0 Å². The van der Waals surface area contributed by atoms with Crippen molar-refractivity contribution in [3.63, 3.8) is 0 Å². The predicted molar refractivity (Wildman–Crippen MR) is 213 cm³/mol. The lowest BCUT2D eigenvalue weighted by Gasteiger charge is -2.55. The van der Waals surface area contributed by atoms with Gasteiger partial charge in [-0.15, -0.1) is 0 Å². The summed E-state index contributed by atoms with van der Waals surface area (Å²) in [5.74, 6) is -7.63. The van der Waals surface area contributed by atoms with Crippen LogP contribution in [0.3, 0.4) is 0 Å². The van der Waals surface area contributed by atoms with E-state index in [2.05, 4.69) is 19.9 Å². The molecular weight excluding hydrogens is 716 g/mol. The van der Waals surface area contributed by atoms with E-state index in [9.17, 15) is 39.9 Å². The fourth-order valence-electron chi connectivity index (χ4n) is 8.99. The Morgan fingerprint density at radius 2 is 1.50 bits per heavy atom. The van der Waals surface area contributed by atoms with Gasteiger partial charge in [0.05, 0.1) is 36.6 Å². The molecule has 0 aromatic heterocycles. The Hall–Kier alpha value is -2.25. The first-order valence-electron chi connectivity index (χ1n) is 21.2. The summed E-state index contributed by atoms with van der Waals surface area (Å²) in [6, 6.07) is 0. The van der Waals surface area contributed by atoms with Crippen LogP contribution in [0.1, 0.15) is 121 Å². The SMILES string of the molecule is CC[C@@H]1/C=C/C=C/C[C@H](C)[C@@H](O)[C@](C)([O-])C(=O)[C@H](C)[C@@H](O)[C@H](C)C(=O)[C@H](C)[C@@H](O)[C@H](C)/C=C/C(=O)O[C@H]2[C@@H](C)[C@@H](CC1)O[C@@]1(CC[C@@H](C)C(CC(C)O)O1)[C@@H]2C. The van der Waals surface area contributed by atoms with Crippen LogP contribution in [0.5, 0.6) is 0 Å². The molecule has 3 rings (SSSR count). The van der Waals surface area contributed by atoms with E-state index in [1.807, 2.05) is 32.1 Å². The highest BCUT2D eigenvalue weighted by Gasteiger charge is 2.56. The number of carbonyl (C=O) groups excluding carboxylic acids is 3. The molecular formula is C45H73O11-. The molecule has 0 amide bonds. The van der Waals surface area contributed by atoms with Crippen LogP contribution in [0.2, 0.25) is 0 Å². The highest BCUT2D eigenvalue weighted by atomic mass is 16.7. The molecule has 11 heteroatoms. The molecule has 4 N–H and O–H groups in total. The van der Waals surface area contributed by atoms with Crippen molar-refractivity contribution < 1.29 is 54.1 Å². The molecule has 11 nitrogen and oxygen atoms in total. The fraction of sp³-hybridized carbons (Fsp3) is 0.800. The number of rotatable bonds is 3. The van der Waals surface area contributed by atoms with Gasteiger partial charge in [0.2, 0.25) is 0 Å². The molecule has 56 heavy (non-hydrogen) atoms. The number of fused-ring (bicyclic) bond motifs is 2. The maximum absolute atomic E-state index is 13.6. The minimum Gasteiger partial charge on any atom is -0.842 e. The molecule has 3 aliphatic rings. The normalized spacial score (nSPS) is 46.8. The summed E-state index contributed by atoms with van der Waals surface area (Å²) in [5, 5.41) is 57.3. The lowest BCUT2D eigenvalue weighted by atomic mass is 9.74. The molecule has 2 fully saturated rings. The second-order valence-corrected chi connectivity index (χ2v) is 17.9. The van der Waals surface area contributed by atoms with Crippen LogP contribution >= 0.6 is 0 Å². The van der Waals surface area contributed by atoms with E-state index in [-0.39, 0.29) is 35.9 Å². The summed E-state index contributed by atoms with van der Waals surface area (Å²) >= 11 is 0. The van der Waals surface area contributed by atoms with Crippen LogP contribution < -0.4 is 5.11 Å². The maximum atomic E-state index is 13.6. The van der Waals surface area contributed by atoms with E-state index in [1.165, 1.54) is 32.9 Å². The highest BCUT2D eigenvalue weighted by molar-refractivity contribution is 5.91. The number of hydrogen-bond acceptors (Lipinski definition) is 11. The maximum Gasteiger partial charge on any atom is 0.330 e. The van der Waals surface area contributed by atoms with Crippen LogP contribution in [-0.2, 0) is 28.6 Å². The minimum absolute atomic E-state index is 0.173. The van der Waals surface area contributed by atoms with Crippen LogP contribution in [0, 0.1) is 53.3 Å². The number of allylic oxidation sites excluding steroid dienone is 4. The number of hydrogen-bond donors (Lipinski definition) is 4. The monoisotopic (exact) mass is 790 g/mol. The summed E-state index contributed by atoms with van der Waals surface area (Å²) < 4.78 is 20.0. The first-order valence-corrected chi connectivity index (χ1v) is 21.2. The summed E-state index contributed by atoms with van der Waals surface area (Å²) in [5.41, 5.74) is -2.43. The van der Waals surface area contributed by atoms with Crippen molar-refractivity contribution in [2.45, 2.75) is 175 Å². The van der Waals surface area contributed by atoms with Gasteiger partial charge in [0.1, 0.15) is 17.7 Å². The van der Waals surface area contributed by atoms with E-state index in [0.717, 1.165) is 26.2 Å². The van der Waals surface area contributed by atoms with Gasteiger partial charge < -0.3 is 44.5 Å². The first-order chi connectivity index (χ1) is 26.1. The number of Topliss-reactive ketones (excluding diaryl/α,β-unsaturated/α-hetero) is 2. The Kier molecular flexibility index (Phi) is 17.7. The zero-order valence-electron chi connectivity index (χ0n) is 35.8. The standard InChI is InChI=1S/C45H73O11/c1-12-34-17-15-13-14-16-27(4)42(51)44(11,53)43(52)32(9)40(50)31(8)39(49)30(7)38(48)26(3)18-21-37(47)54-41-29(6)35(20-19-34)55-45(33(41)10)23-22-25(2)36(56-45)24-28(5)46/h13-15,17-18,21,25-36,38,40-42,46,48,50-51H,12,16,19-20,22-24H2,1-11H3/q-1/b14-13+,17-15+,21-18+/t25-,26-,27+,28?,29+,30-,31-,32-,33-,34-,35-,36?,38+,40+,41+,42-,44+,45-/m1/s1. The minimum atomic E-state index is -2.43. The molecule has 3 aliphatic heterocycles. The Morgan fingerprint density at radius 3 is 2.12 bits per heavy atom. The summed E-state index contributed by atoms with van der Waals surface area (Å²) in [4.78, 5) is 40.5. The molecule has 0 radical (unpaired) electrons. The average Bonchev–Trinajstić information content (AvgIpc) is 3.16. The molecule has 2 unspecified atom stereocenters. The number of esters is 1. The summed E-state index contributed by atoms with van der Waals surface area (Å²) in [6.07, 6.45) is 9.27.